The Morgan fingerprint density at radius 1 is 0.260 bits per heavy atom. The molecule has 0 radical (unpaired) electrons. The van der Waals surface area contributed by atoms with Crippen LogP contribution in [-0.4, -0.2) is 22.6 Å². The molecule has 4 heteroatoms. The molecule has 0 amide bonds. The maximum absolute atomic E-state index is 8.17. The third-order valence-electron chi connectivity index (χ3n) is 22.0. The largest absolute Gasteiger partial charge is 0.472 e. The maximum atomic E-state index is 8.17. The average molecular weight is 1290 g/mol. The predicted molar refractivity (Wildman–Crippen MR) is 417 cm³/mol. The molecule has 12 aromatic rings. The van der Waals surface area contributed by atoms with E-state index >= 15 is 0 Å². The Bertz CT molecular complexity index is 4260. The van der Waals surface area contributed by atoms with E-state index in [0.717, 1.165) is 24.3 Å². The van der Waals surface area contributed by atoms with E-state index in [1.54, 1.807) is 0 Å². The molecule has 4 fully saturated rings. The van der Waals surface area contributed by atoms with Crippen molar-refractivity contribution in [1.29, 1.82) is 0 Å². The second kappa shape index (κ2) is 30.3. The summed E-state index contributed by atoms with van der Waals surface area (Å²) in [5.74, 6) is 2.20. The topological polar surface area (TPSA) is 18.5 Å². The van der Waals surface area contributed by atoms with Crippen molar-refractivity contribution in [3.63, 3.8) is 0 Å². The Balaban J connectivity index is 0.000000179. The molecule has 4 aliphatic carbocycles. The van der Waals surface area contributed by atoms with Crippen LogP contribution in [0.4, 0.5) is 0 Å². The lowest BCUT2D eigenvalue weighted by Crippen LogP contribution is -2.23. The highest BCUT2D eigenvalue weighted by molar-refractivity contribution is 7.55. The van der Waals surface area contributed by atoms with E-state index in [2.05, 4.69) is 257 Å². The van der Waals surface area contributed by atoms with E-state index < -0.39 is 16.3 Å². The molecule has 4 aliphatic rings. The first-order valence-corrected chi connectivity index (χ1v) is 39.8. The summed E-state index contributed by atoms with van der Waals surface area (Å²) in [5.41, 5.74) is 20.9. The van der Waals surface area contributed by atoms with Gasteiger partial charge in [0, 0.05) is 44.9 Å². The molecule has 0 N–H and O–H groups in total. The van der Waals surface area contributed by atoms with Gasteiger partial charge in [0.25, 0.3) is 0 Å². The fraction of sp³-hybridized carbons (Fsp3) is 0.304. The summed E-state index contributed by atoms with van der Waals surface area (Å²) in [6.45, 7) is 4.60. The van der Waals surface area contributed by atoms with Crippen LogP contribution in [-0.2, 0) is 12.8 Å². The number of hydrogen-bond donors (Lipinski definition) is 0. The van der Waals surface area contributed by atoms with Crippen molar-refractivity contribution in [3.8, 4) is 78.3 Å². The van der Waals surface area contributed by atoms with Crippen LogP contribution in [0.5, 0.6) is 11.5 Å². The lowest BCUT2D eigenvalue weighted by atomic mass is 9.80. The van der Waals surface area contributed by atoms with Crippen molar-refractivity contribution in [2.45, 2.75) is 178 Å². The summed E-state index contributed by atoms with van der Waals surface area (Å²) in [7, 11) is -1.44. The van der Waals surface area contributed by atoms with Gasteiger partial charge in [-0.1, -0.05) is 309 Å². The summed E-state index contributed by atoms with van der Waals surface area (Å²) in [6.07, 6.45) is 28.5. The molecule has 16 rings (SSSR count). The van der Waals surface area contributed by atoms with Crippen molar-refractivity contribution >= 4 is 59.4 Å². The normalized spacial score (nSPS) is 16.1. The summed E-state index contributed by atoms with van der Waals surface area (Å²) in [4.78, 5) is 0. The van der Waals surface area contributed by atoms with Crippen LogP contribution >= 0.6 is 16.3 Å². The fourth-order valence-corrected chi connectivity index (χ4v) is 23.4. The van der Waals surface area contributed by atoms with Crippen molar-refractivity contribution in [1.82, 2.24) is 0 Å². The van der Waals surface area contributed by atoms with Gasteiger partial charge in [-0.05, 0) is 187 Å². The molecule has 0 spiro atoms. The lowest BCUT2D eigenvalue weighted by molar-refractivity contribution is 0.449. The molecule has 0 bridgehead atoms. The molecule has 484 valence electrons. The third-order valence-corrected chi connectivity index (χ3v) is 27.7. The fourth-order valence-electron chi connectivity index (χ4n) is 17.3. The molecule has 0 heterocycles. The predicted octanol–water partition coefficient (Wildman–Crippen LogP) is 28.0. The molecular weight excluding hydrogens is 1200 g/mol. The van der Waals surface area contributed by atoms with Crippen molar-refractivity contribution in [2.75, 3.05) is 0 Å². The quantitative estimate of drug-likeness (QED) is 0.0898. The minimum absolute atomic E-state index is 0.647. The van der Waals surface area contributed by atoms with Crippen LogP contribution in [0, 0.1) is 0 Å². The van der Waals surface area contributed by atoms with Crippen molar-refractivity contribution in [3.05, 3.63) is 254 Å². The molecule has 2 nitrogen and oxygen atoms in total. The van der Waals surface area contributed by atoms with Gasteiger partial charge in [-0.2, -0.15) is 0 Å². The Labute approximate surface area is 574 Å². The van der Waals surface area contributed by atoms with E-state index in [1.807, 2.05) is 0 Å². The number of rotatable bonds is 16. The first-order valence-electron chi connectivity index (χ1n) is 37.0. The van der Waals surface area contributed by atoms with Crippen LogP contribution in [0.1, 0.15) is 153 Å². The zero-order valence-corrected chi connectivity index (χ0v) is 58.5. The number of fused-ring (bicyclic) bond motifs is 4. The van der Waals surface area contributed by atoms with E-state index in [9.17, 15) is 0 Å². The number of hydrogen-bond acceptors (Lipinski definition) is 2. The van der Waals surface area contributed by atoms with Gasteiger partial charge < -0.3 is 9.05 Å². The summed E-state index contributed by atoms with van der Waals surface area (Å²) >= 11 is 0. The van der Waals surface area contributed by atoms with Crippen molar-refractivity contribution < 1.29 is 9.05 Å². The first kappa shape index (κ1) is 64.2. The Morgan fingerprint density at radius 2 is 0.490 bits per heavy atom. The van der Waals surface area contributed by atoms with Crippen LogP contribution in [0.25, 0.3) is 110 Å². The molecule has 0 aliphatic heterocycles. The molecule has 4 saturated carbocycles. The van der Waals surface area contributed by atoms with Gasteiger partial charge in [0.1, 0.15) is 11.5 Å². The Hall–Kier alpha value is -7.86. The van der Waals surface area contributed by atoms with Gasteiger partial charge >= 0.3 is 0 Å². The van der Waals surface area contributed by atoms with Gasteiger partial charge in [0.2, 0.25) is 0 Å². The monoisotopic (exact) mass is 1290 g/mol. The molecule has 0 saturated heterocycles. The number of benzene rings is 12. The van der Waals surface area contributed by atoms with Gasteiger partial charge in [-0.3, -0.25) is 0 Å². The molecule has 12 aromatic carbocycles. The average Bonchev–Trinajstić information content (AvgIpc) is 0.864. The molecule has 96 heavy (non-hydrogen) atoms. The summed E-state index contributed by atoms with van der Waals surface area (Å²) in [5, 5.41) is 10.3. The van der Waals surface area contributed by atoms with Gasteiger partial charge in [-0.25, -0.2) is 0 Å². The van der Waals surface area contributed by atoms with Crippen LogP contribution in [0.3, 0.4) is 0 Å². The Kier molecular flexibility index (Phi) is 20.2. The molecule has 0 unspecified atom stereocenters. The van der Waals surface area contributed by atoms with Gasteiger partial charge in [0.05, 0.1) is 16.3 Å². The molecule has 0 atom stereocenters. The van der Waals surface area contributed by atoms with Crippen LogP contribution < -0.4 is 9.05 Å². The summed E-state index contributed by atoms with van der Waals surface area (Å²) in [6, 6.07) is 90.1. The highest BCUT2D eigenvalue weighted by Crippen LogP contribution is 2.64. The zero-order chi connectivity index (χ0) is 64.6. The summed E-state index contributed by atoms with van der Waals surface area (Å²) < 4.78 is 16.3. The van der Waals surface area contributed by atoms with E-state index in [-0.39, 0.29) is 0 Å². The second-order valence-corrected chi connectivity index (χ2v) is 32.7. The Morgan fingerprint density at radius 3 is 0.760 bits per heavy atom. The third kappa shape index (κ3) is 13.4. The minimum Gasteiger partial charge on any atom is -0.472 e. The maximum Gasteiger partial charge on any atom is 0.139 e. The van der Waals surface area contributed by atoms with Crippen LogP contribution in [0.15, 0.2) is 243 Å². The minimum atomic E-state index is -0.720. The van der Waals surface area contributed by atoms with E-state index in [0.29, 0.717) is 22.6 Å². The SMILES string of the molecule is CCc1c(-c2ccccc2)cc2ccccc2c1-c1c(CC)c(-c2ccccc2)cc2ccccc12.c1ccc(-c2cc3ccccc3c(-c3c(OP(C4CCCCC4)C4CCCCC4)c(-c4ccccc4)cc4ccccc34)c2OP(C2CCCCC2)C2CCCCC2)cc1. The van der Waals surface area contributed by atoms with Gasteiger partial charge in [-0.15, -0.1) is 0 Å². The smallest absolute Gasteiger partial charge is 0.139 e. The van der Waals surface area contributed by atoms with Crippen molar-refractivity contribution in [2.24, 2.45) is 0 Å². The van der Waals surface area contributed by atoms with E-state index in [1.165, 1.54) is 249 Å². The highest BCUT2D eigenvalue weighted by atomic mass is 31.1. The lowest BCUT2D eigenvalue weighted by Gasteiger charge is -2.39. The molecule has 0 aromatic heterocycles. The van der Waals surface area contributed by atoms with Crippen LogP contribution in [0.2, 0.25) is 0 Å². The van der Waals surface area contributed by atoms with E-state index in [4.69, 9.17) is 9.05 Å². The standard InChI is InChI=1S/C56H64O2P2.C36H30/c1-7-23-41(24-8-1)51-39-43-27-19-21-37-49(43)53(55(51)57-59(45-29-11-3-12-30-45)46-31-13-4-14-32-46)54-50-38-22-20-28-44(50)40-52(42-25-9-2-10-26-42)56(54)58-60(47-33-15-5-16-34-47)48-35-17-6-18-36-48;1-3-29-33(25-15-7-5-8-16-25)23-27-19-11-13-21-31(27)35(29)36-30(4-2)34(26-17-9-6-10-18-26)24-28-20-12-14-22-32(28)36/h1-2,7-10,19-28,37-40,45-48H,3-6,11-18,29-36H2;5-24H,3-4H2,1-2H3. The second-order valence-electron chi connectivity index (χ2n) is 27.9. The zero-order valence-electron chi connectivity index (χ0n) is 56.7. The first-order chi connectivity index (χ1) is 47.6. The highest BCUT2D eigenvalue weighted by Gasteiger charge is 2.39. The van der Waals surface area contributed by atoms with Gasteiger partial charge in [0.15, 0.2) is 0 Å². The molecular formula is C92H94O2P2.